The number of alkyl halides is 2. The molecule has 0 aliphatic carbocycles. The van der Waals surface area contributed by atoms with E-state index in [-0.39, 0.29) is 34.5 Å². The Hall–Kier alpha value is -3.49. The summed E-state index contributed by atoms with van der Waals surface area (Å²) in [6.45, 7) is 0.744. The number of carbonyl (C=O) groups is 1. The van der Waals surface area contributed by atoms with E-state index in [1.54, 1.807) is 41.7 Å². The summed E-state index contributed by atoms with van der Waals surface area (Å²) in [4.78, 5) is 25.5. The monoisotopic (exact) mass is 688 g/mol. The highest BCUT2D eigenvalue weighted by atomic mass is 79.9. The Bertz CT molecular complexity index is 1840. The molecule has 3 aromatic heterocycles. The largest absolute Gasteiger partial charge is 0.441 e. The van der Waals surface area contributed by atoms with Crippen LogP contribution in [0.3, 0.4) is 0 Å². The van der Waals surface area contributed by atoms with Crippen molar-refractivity contribution in [2.75, 3.05) is 0 Å². The van der Waals surface area contributed by atoms with E-state index in [0.29, 0.717) is 10.4 Å². The molecule has 7 nitrogen and oxygen atoms in total. The second kappa shape index (κ2) is 11.7. The standard InChI is InChI=1S/C29H19BrF2N2O5S3/c1-13-3-5-16(40-13)10-21-28(36)39-26(34-21)23-12-19(14(2)41-23)15-4-7-18(22(9-15)37-29(31)32)25-33-20(27(35)38-25)11-17-6-8-24(30)42-17/h3-12,27,29,35H,1-2H3/b20-11-,21-10-. The molecule has 42 heavy (non-hydrogen) atoms. The van der Waals surface area contributed by atoms with Crippen LogP contribution in [0.2, 0.25) is 0 Å². The van der Waals surface area contributed by atoms with Crippen LogP contribution in [-0.4, -0.2) is 35.8 Å². The molecule has 2 aliphatic rings. The number of nitrogens with zero attached hydrogens (tertiary/aromatic N) is 2. The molecule has 0 amide bonds. The fourth-order valence-corrected chi connectivity index (χ4v) is 7.41. The zero-order valence-electron chi connectivity index (χ0n) is 21.8. The van der Waals surface area contributed by atoms with Crippen molar-refractivity contribution in [3.05, 3.63) is 93.7 Å². The summed E-state index contributed by atoms with van der Waals surface area (Å²) in [5.41, 5.74) is 1.91. The van der Waals surface area contributed by atoms with E-state index in [0.717, 1.165) is 28.9 Å². The van der Waals surface area contributed by atoms with E-state index >= 15 is 0 Å². The van der Waals surface area contributed by atoms with Crippen LogP contribution in [-0.2, 0) is 14.3 Å². The summed E-state index contributed by atoms with van der Waals surface area (Å²) >= 11 is 7.73. The molecule has 214 valence electrons. The first-order valence-corrected chi connectivity index (χ1v) is 15.6. The number of aliphatic hydroxyl groups excluding tert-OH is 1. The first-order chi connectivity index (χ1) is 20.1. The van der Waals surface area contributed by atoms with Crippen LogP contribution >= 0.6 is 49.9 Å². The van der Waals surface area contributed by atoms with Crippen LogP contribution in [0.15, 0.2) is 73.7 Å². The number of hydrogen-bond donors (Lipinski definition) is 1. The fourth-order valence-electron chi connectivity index (χ4n) is 4.26. The van der Waals surface area contributed by atoms with Crippen LogP contribution in [0.4, 0.5) is 8.78 Å². The smallest absolute Gasteiger partial charge is 0.387 e. The van der Waals surface area contributed by atoms with E-state index in [2.05, 4.69) is 25.9 Å². The SMILES string of the molecule is Cc1ccc(/C=C2\N=C(c3cc(-c4ccc(C5=N/C(=C\c6ccc(Br)s6)C(O)O5)c(OC(F)F)c4)c(C)s3)OC2=O)s1. The number of aliphatic hydroxyl groups is 1. The Kier molecular flexibility index (Phi) is 7.94. The van der Waals surface area contributed by atoms with Gasteiger partial charge in [-0.05, 0) is 95.5 Å². The molecule has 1 atom stereocenters. The van der Waals surface area contributed by atoms with Gasteiger partial charge in [-0.25, -0.2) is 14.8 Å². The number of rotatable bonds is 7. The number of esters is 1. The van der Waals surface area contributed by atoms with Crippen LogP contribution in [0.5, 0.6) is 5.75 Å². The van der Waals surface area contributed by atoms with E-state index in [1.807, 2.05) is 38.1 Å². The molecule has 1 aromatic carbocycles. The topological polar surface area (TPSA) is 89.7 Å². The number of cyclic esters (lactones) is 1. The van der Waals surface area contributed by atoms with Crippen molar-refractivity contribution in [2.24, 2.45) is 9.98 Å². The number of ether oxygens (including phenoxy) is 3. The van der Waals surface area contributed by atoms with Crippen LogP contribution in [0, 0.1) is 13.8 Å². The van der Waals surface area contributed by atoms with Gasteiger partial charge < -0.3 is 19.3 Å². The number of hydrogen-bond acceptors (Lipinski definition) is 10. The highest BCUT2D eigenvalue weighted by Gasteiger charge is 2.29. The molecule has 2 aliphatic heterocycles. The van der Waals surface area contributed by atoms with Gasteiger partial charge in [-0.1, -0.05) is 6.07 Å². The molecule has 0 fully saturated rings. The molecule has 6 rings (SSSR count). The van der Waals surface area contributed by atoms with Gasteiger partial charge in [-0.3, -0.25) is 0 Å². The lowest BCUT2D eigenvalue weighted by atomic mass is 10.0. The van der Waals surface area contributed by atoms with Gasteiger partial charge in [-0.15, -0.1) is 34.0 Å². The summed E-state index contributed by atoms with van der Waals surface area (Å²) in [7, 11) is 0. The van der Waals surface area contributed by atoms with Gasteiger partial charge in [0.1, 0.15) is 11.4 Å². The number of thiophene rings is 3. The summed E-state index contributed by atoms with van der Waals surface area (Å²) in [6, 6.07) is 14.1. The lowest BCUT2D eigenvalue weighted by Gasteiger charge is -2.13. The Balaban J connectivity index is 1.31. The van der Waals surface area contributed by atoms with E-state index in [9.17, 15) is 18.7 Å². The van der Waals surface area contributed by atoms with Gasteiger partial charge in [0.15, 0.2) is 5.70 Å². The lowest BCUT2D eigenvalue weighted by molar-refractivity contribution is -0.129. The fraction of sp³-hybridized carbons (Fsp3) is 0.138. The highest BCUT2D eigenvalue weighted by molar-refractivity contribution is 9.11. The third-order valence-electron chi connectivity index (χ3n) is 6.12. The molecule has 5 heterocycles. The van der Waals surface area contributed by atoms with Crippen molar-refractivity contribution in [1.82, 2.24) is 0 Å². The van der Waals surface area contributed by atoms with Crippen LogP contribution < -0.4 is 4.74 Å². The second-order valence-corrected chi connectivity index (χ2v) is 14.1. The number of aryl methyl sites for hydroxylation is 2. The minimum atomic E-state index is -3.10. The normalized spacial score (nSPS) is 18.5. The van der Waals surface area contributed by atoms with Crippen molar-refractivity contribution in [2.45, 2.75) is 26.7 Å². The Morgan fingerprint density at radius 2 is 1.76 bits per heavy atom. The summed E-state index contributed by atoms with van der Waals surface area (Å²) < 4.78 is 43.6. The van der Waals surface area contributed by atoms with Crippen LogP contribution in [0.25, 0.3) is 23.3 Å². The van der Waals surface area contributed by atoms with Crippen molar-refractivity contribution >= 4 is 79.9 Å². The molecule has 1 N–H and O–H groups in total. The van der Waals surface area contributed by atoms with Gasteiger partial charge in [0.25, 0.3) is 0 Å². The van der Waals surface area contributed by atoms with Crippen LogP contribution in [0.1, 0.15) is 29.9 Å². The van der Waals surface area contributed by atoms with Crippen molar-refractivity contribution in [1.29, 1.82) is 0 Å². The van der Waals surface area contributed by atoms with E-state index in [4.69, 9.17) is 14.2 Å². The minimum absolute atomic E-state index is 0.0400. The Morgan fingerprint density at radius 3 is 2.48 bits per heavy atom. The quantitative estimate of drug-likeness (QED) is 0.157. The van der Waals surface area contributed by atoms with Gasteiger partial charge in [0, 0.05) is 19.5 Å². The van der Waals surface area contributed by atoms with Gasteiger partial charge in [0.05, 0.1) is 14.2 Å². The molecule has 0 bridgehead atoms. The third-order valence-corrected chi connectivity index (χ3v) is 9.68. The highest BCUT2D eigenvalue weighted by Crippen LogP contribution is 2.38. The van der Waals surface area contributed by atoms with Crippen molar-refractivity contribution in [3.8, 4) is 16.9 Å². The van der Waals surface area contributed by atoms with Crippen molar-refractivity contribution < 1.29 is 32.9 Å². The third kappa shape index (κ3) is 6.01. The molecule has 0 radical (unpaired) electrons. The zero-order chi connectivity index (χ0) is 29.5. The first kappa shape index (κ1) is 28.6. The zero-order valence-corrected chi connectivity index (χ0v) is 25.8. The summed E-state index contributed by atoms with van der Waals surface area (Å²) in [6.07, 6.45) is 1.98. The molecule has 1 unspecified atom stereocenters. The average Bonchev–Trinajstić information content (AvgIpc) is 3.75. The predicted octanol–water partition coefficient (Wildman–Crippen LogP) is 8.00. The second-order valence-electron chi connectivity index (χ2n) is 9.05. The van der Waals surface area contributed by atoms with Gasteiger partial charge in [-0.2, -0.15) is 8.78 Å². The first-order valence-electron chi connectivity index (χ1n) is 12.3. The number of aliphatic imine (C=N–C) groups is 2. The summed E-state index contributed by atoms with van der Waals surface area (Å²) in [5.74, 6) is -0.566. The van der Waals surface area contributed by atoms with E-state index < -0.39 is 18.9 Å². The molecule has 4 aromatic rings. The maximum Gasteiger partial charge on any atom is 0.387 e. The predicted molar refractivity (Wildman–Crippen MR) is 164 cm³/mol. The molecule has 0 spiro atoms. The molecular formula is C29H19BrF2N2O5S3. The number of carbonyl (C=O) groups excluding carboxylic acids is 1. The minimum Gasteiger partial charge on any atom is -0.441 e. The van der Waals surface area contributed by atoms with Crippen molar-refractivity contribution in [3.63, 3.8) is 0 Å². The molecular weight excluding hydrogens is 670 g/mol. The molecule has 13 heteroatoms. The summed E-state index contributed by atoms with van der Waals surface area (Å²) in [5, 5.41) is 10.4. The maximum absolute atomic E-state index is 13.5. The maximum atomic E-state index is 13.5. The molecule has 0 saturated carbocycles. The van der Waals surface area contributed by atoms with Gasteiger partial charge in [0.2, 0.25) is 18.1 Å². The molecule has 0 saturated heterocycles. The number of benzene rings is 1. The Morgan fingerprint density at radius 1 is 0.976 bits per heavy atom. The lowest BCUT2D eigenvalue weighted by Crippen LogP contribution is -2.13. The van der Waals surface area contributed by atoms with E-state index in [1.165, 1.54) is 28.7 Å². The number of halogens is 3. The van der Waals surface area contributed by atoms with Gasteiger partial charge >= 0.3 is 12.6 Å². The Labute approximate surface area is 258 Å². The average molecular weight is 690 g/mol.